The molecule has 0 aromatic heterocycles. The second-order valence-electron chi connectivity index (χ2n) is 4.40. The highest BCUT2D eigenvalue weighted by Gasteiger charge is 2.13. The van der Waals surface area contributed by atoms with E-state index in [2.05, 4.69) is 13.8 Å². The predicted molar refractivity (Wildman–Crippen MR) is 62.8 cm³/mol. The van der Waals surface area contributed by atoms with Gasteiger partial charge in [-0.1, -0.05) is 0 Å². The lowest BCUT2D eigenvalue weighted by Gasteiger charge is -2.17. The van der Waals surface area contributed by atoms with Crippen molar-refractivity contribution in [2.75, 3.05) is 33.4 Å². The smallest absolute Gasteiger partial charge is 0.147 e. The van der Waals surface area contributed by atoms with Gasteiger partial charge in [-0.15, -0.1) is 0 Å². The molecular formula is C12H24O5. The summed E-state index contributed by atoms with van der Waals surface area (Å²) in [4.78, 5) is 0. The fourth-order valence-corrected chi connectivity index (χ4v) is 1.08. The van der Waals surface area contributed by atoms with Crippen LogP contribution in [0.15, 0.2) is 0 Å². The van der Waals surface area contributed by atoms with Crippen molar-refractivity contribution in [3.8, 4) is 0 Å². The molecule has 0 aromatic rings. The Bertz CT molecular complexity index is 172. The fraction of sp³-hybridized carbons (Fsp3) is 1.00. The Morgan fingerprint density at radius 2 is 1.29 bits per heavy atom. The van der Waals surface area contributed by atoms with Crippen LogP contribution >= 0.6 is 0 Å². The number of hydrogen-bond donors (Lipinski definition) is 0. The fourth-order valence-electron chi connectivity index (χ4n) is 1.08. The SMILES string of the molecule is CC1CCOCO1.CC1CO1.CC1COCO1. The Balaban J connectivity index is 0.000000132. The molecule has 3 rings (SSSR count). The van der Waals surface area contributed by atoms with Gasteiger partial charge in [0.05, 0.1) is 38.1 Å². The Morgan fingerprint density at radius 3 is 1.47 bits per heavy atom. The summed E-state index contributed by atoms with van der Waals surface area (Å²) in [5.74, 6) is 0. The maximum absolute atomic E-state index is 5.06. The van der Waals surface area contributed by atoms with Crippen molar-refractivity contribution < 1.29 is 23.7 Å². The molecule has 3 unspecified atom stereocenters. The minimum Gasteiger partial charge on any atom is -0.373 e. The van der Waals surface area contributed by atoms with E-state index >= 15 is 0 Å². The van der Waals surface area contributed by atoms with Crippen LogP contribution in [-0.4, -0.2) is 51.7 Å². The van der Waals surface area contributed by atoms with E-state index in [-0.39, 0.29) is 0 Å². The molecule has 5 nitrogen and oxygen atoms in total. The van der Waals surface area contributed by atoms with E-state index in [1.165, 1.54) is 0 Å². The van der Waals surface area contributed by atoms with E-state index in [1.807, 2.05) is 6.92 Å². The van der Waals surface area contributed by atoms with Gasteiger partial charge in [-0.05, 0) is 27.2 Å². The van der Waals surface area contributed by atoms with E-state index < -0.39 is 0 Å². The third-order valence-electron chi connectivity index (χ3n) is 2.39. The largest absolute Gasteiger partial charge is 0.373 e. The van der Waals surface area contributed by atoms with Crippen molar-refractivity contribution in [3.63, 3.8) is 0 Å². The molecule has 3 aliphatic heterocycles. The van der Waals surface area contributed by atoms with Gasteiger partial charge in [-0.2, -0.15) is 0 Å². The first-order valence-electron chi connectivity index (χ1n) is 6.18. The lowest BCUT2D eigenvalue weighted by atomic mass is 10.3. The van der Waals surface area contributed by atoms with Gasteiger partial charge >= 0.3 is 0 Å². The number of hydrogen-bond acceptors (Lipinski definition) is 5. The molecule has 3 saturated heterocycles. The van der Waals surface area contributed by atoms with Gasteiger partial charge < -0.3 is 23.7 Å². The van der Waals surface area contributed by atoms with E-state index in [0.29, 0.717) is 31.9 Å². The summed E-state index contributed by atoms with van der Waals surface area (Å²) < 4.78 is 24.4. The van der Waals surface area contributed by atoms with Crippen LogP contribution < -0.4 is 0 Å². The third-order valence-corrected chi connectivity index (χ3v) is 2.39. The maximum atomic E-state index is 5.06. The van der Waals surface area contributed by atoms with Crippen LogP contribution in [0.2, 0.25) is 0 Å². The van der Waals surface area contributed by atoms with Crippen molar-refractivity contribution in [1.29, 1.82) is 0 Å². The molecule has 0 aromatic carbocycles. The second-order valence-corrected chi connectivity index (χ2v) is 4.40. The summed E-state index contributed by atoms with van der Waals surface area (Å²) in [6.07, 6.45) is 2.36. The minimum absolute atomic E-state index is 0.324. The maximum Gasteiger partial charge on any atom is 0.147 e. The summed E-state index contributed by atoms with van der Waals surface area (Å²) in [5, 5.41) is 0. The molecule has 0 saturated carbocycles. The van der Waals surface area contributed by atoms with E-state index in [1.54, 1.807) is 0 Å². The molecule has 0 aliphatic carbocycles. The summed E-state index contributed by atoms with van der Waals surface area (Å²) >= 11 is 0. The molecule has 5 heteroatoms. The van der Waals surface area contributed by atoms with Crippen LogP contribution in [0, 0.1) is 0 Å². The van der Waals surface area contributed by atoms with E-state index in [9.17, 15) is 0 Å². The first-order valence-corrected chi connectivity index (χ1v) is 6.18. The van der Waals surface area contributed by atoms with Gasteiger partial charge in [0.25, 0.3) is 0 Å². The molecule has 3 aliphatic rings. The standard InChI is InChI=1S/C5H10O2.C4H8O2.C3H6O/c1-5-2-3-6-4-7-5;1-4-2-5-3-6-4;1-3-2-4-3/h5H,2-4H2,1H3;4H,2-3H2,1H3;3H,2H2,1H3. The van der Waals surface area contributed by atoms with Crippen molar-refractivity contribution in [3.05, 3.63) is 0 Å². The zero-order valence-electron chi connectivity index (χ0n) is 11.0. The van der Waals surface area contributed by atoms with E-state index in [4.69, 9.17) is 23.7 Å². The Hall–Kier alpha value is -0.200. The molecule has 0 N–H and O–H groups in total. The number of ether oxygens (including phenoxy) is 5. The summed E-state index contributed by atoms with van der Waals surface area (Å²) in [5.41, 5.74) is 0. The van der Waals surface area contributed by atoms with E-state index in [0.717, 1.165) is 26.2 Å². The minimum atomic E-state index is 0.324. The van der Waals surface area contributed by atoms with Crippen LogP contribution in [0.4, 0.5) is 0 Å². The van der Waals surface area contributed by atoms with Gasteiger partial charge in [0, 0.05) is 0 Å². The summed E-state index contributed by atoms with van der Waals surface area (Å²) in [6.45, 7) is 9.69. The number of rotatable bonds is 0. The highest BCUT2D eigenvalue weighted by atomic mass is 16.7. The molecule has 102 valence electrons. The Kier molecular flexibility index (Phi) is 7.72. The normalized spacial score (nSPS) is 35.1. The molecule has 17 heavy (non-hydrogen) atoms. The van der Waals surface area contributed by atoms with Crippen LogP contribution in [0.25, 0.3) is 0 Å². The average Bonchev–Trinajstić information content (AvgIpc) is 2.94. The molecule has 0 radical (unpaired) electrons. The monoisotopic (exact) mass is 248 g/mol. The lowest BCUT2D eigenvalue weighted by Crippen LogP contribution is -2.20. The van der Waals surface area contributed by atoms with Gasteiger partial charge in [0.1, 0.15) is 13.6 Å². The highest BCUT2D eigenvalue weighted by Crippen LogP contribution is 2.04. The average molecular weight is 248 g/mol. The third kappa shape index (κ3) is 9.50. The molecule has 0 spiro atoms. The first-order chi connectivity index (χ1) is 8.18. The molecular weight excluding hydrogens is 224 g/mol. The quantitative estimate of drug-likeness (QED) is 0.609. The van der Waals surface area contributed by atoms with Gasteiger partial charge in [0.15, 0.2) is 0 Å². The van der Waals surface area contributed by atoms with Crippen LogP contribution in [-0.2, 0) is 23.7 Å². The van der Waals surface area contributed by atoms with Crippen LogP contribution in [0.1, 0.15) is 27.2 Å². The van der Waals surface area contributed by atoms with Crippen LogP contribution in [0.3, 0.4) is 0 Å². The molecule has 0 bridgehead atoms. The molecule has 3 heterocycles. The zero-order chi connectivity index (χ0) is 12.5. The number of epoxide rings is 1. The summed E-state index contributed by atoms with van der Waals surface area (Å²) in [7, 11) is 0. The topological polar surface area (TPSA) is 49.5 Å². The zero-order valence-corrected chi connectivity index (χ0v) is 11.0. The lowest BCUT2D eigenvalue weighted by molar-refractivity contribution is -0.132. The van der Waals surface area contributed by atoms with Crippen LogP contribution in [0.5, 0.6) is 0 Å². The molecule has 3 atom stereocenters. The summed E-state index contributed by atoms with van der Waals surface area (Å²) in [6, 6.07) is 0. The van der Waals surface area contributed by atoms with Crippen molar-refractivity contribution in [2.45, 2.75) is 45.5 Å². The van der Waals surface area contributed by atoms with Gasteiger partial charge in [-0.3, -0.25) is 0 Å². The Labute approximate surface area is 103 Å². The van der Waals surface area contributed by atoms with Crippen molar-refractivity contribution in [2.24, 2.45) is 0 Å². The van der Waals surface area contributed by atoms with Gasteiger partial charge in [0.2, 0.25) is 0 Å². The molecule has 3 fully saturated rings. The highest BCUT2D eigenvalue weighted by molar-refractivity contribution is 4.58. The molecule has 0 amide bonds. The predicted octanol–water partition coefficient (Wildman–Crippen LogP) is 1.55. The Morgan fingerprint density at radius 1 is 0.706 bits per heavy atom. The van der Waals surface area contributed by atoms with Crippen molar-refractivity contribution in [1.82, 2.24) is 0 Å². The van der Waals surface area contributed by atoms with Gasteiger partial charge in [-0.25, -0.2) is 0 Å². The first kappa shape index (κ1) is 14.9. The van der Waals surface area contributed by atoms with Crippen molar-refractivity contribution >= 4 is 0 Å². The second kappa shape index (κ2) is 8.83.